The van der Waals surface area contributed by atoms with Crippen molar-refractivity contribution >= 4 is 33.4 Å². The van der Waals surface area contributed by atoms with Crippen molar-refractivity contribution < 1.29 is 28.9 Å². The fourth-order valence-corrected chi connectivity index (χ4v) is 3.54. The van der Waals surface area contributed by atoms with Gasteiger partial charge in [-0.15, -0.1) is 11.3 Å². The molecular formula is C16H21N3O6S. The Morgan fingerprint density at radius 1 is 1.23 bits per heavy atom. The summed E-state index contributed by atoms with van der Waals surface area (Å²) in [4.78, 5) is 33.8. The van der Waals surface area contributed by atoms with E-state index in [1.54, 1.807) is 6.92 Å². The molecular weight excluding hydrogens is 362 g/mol. The molecule has 1 amide bonds. The highest BCUT2D eigenvalue weighted by Crippen LogP contribution is 2.35. The second-order valence-corrected chi connectivity index (χ2v) is 6.84. The first-order valence-electron chi connectivity index (χ1n) is 7.65. The Hall–Kier alpha value is -2.30. The van der Waals surface area contributed by atoms with Gasteiger partial charge in [0, 0.05) is 14.2 Å². The number of carbonyl (C=O) groups excluding carboxylic acids is 1. The molecule has 0 saturated carbocycles. The van der Waals surface area contributed by atoms with Gasteiger partial charge in [-0.25, -0.2) is 9.78 Å². The van der Waals surface area contributed by atoms with Crippen LogP contribution in [0.2, 0.25) is 0 Å². The molecule has 0 fully saturated rings. The van der Waals surface area contributed by atoms with Gasteiger partial charge < -0.3 is 24.6 Å². The average Bonchev–Trinajstić information content (AvgIpc) is 2.91. The number of hydrogen-bond donors (Lipinski definition) is 2. The number of carbonyl (C=O) groups is 2. The predicted octanol–water partition coefficient (Wildman–Crippen LogP) is 1.37. The highest BCUT2D eigenvalue weighted by atomic mass is 32.1. The first-order valence-corrected chi connectivity index (χ1v) is 8.46. The number of thiophene rings is 1. The molecule has 0 spiro atoms. The maximum Gasteiger partial charge on any atom is 0.331 e. The lowest BCUT2D eigenvalue weighted by Gasteiger charge is -2.25. The third-order valence-electron chi connectivity index (χ3n) is 3.77. The number of amides is 1. The second-order valence-electron chi connectivity index (χ2n) is 5.84. The molecule has 1 atom stereocenters. The van der Waals surface area contributed by atoms with Crippen LogP contribution in [0.15, 0.2) is 0 Å². The fourth-order valence-electron chi connectivity index (χ4n) is 2.45. The van der Waals surface area contributed by atoms with Gasteiger partial charge in [0.2, 0.25) is 5.88 Å². The van der Waals surface area contributed by atoms with E-state index in [1.165, 1.54) is 28.3 Å². The number of rotatable bonds is 8. The van der Waals surface area contributed by atoms with Crippen LogP contribution in [-0.4, -0.2) is 60.4 Å². The Kier molecular flexibility index (Phi) is 6.11. The number of nitrogens with zero attached hydrogens (tertiary/aromatic N) is 2. The molecule has 0 bridgehead atoms. The average molecular weight is 383 g/mol. The Morgan fingerprint density at radius 2 is 1.92 bits per heavy atom. The Labute approximate surface area is 154 Å². The molecule has 26 heavy (non-hydrogen) atoms. The topological polar surface area (TPSA) is 120 Å². The lowest BCUT2D eigenvalue weighted by Crippen LogP contribution is -2.55. The van der Waals surface area contributed by atoms with E-state index in [9.17, 15) is 14.7 Å². The van der Waals surface area contributed by atoms with Crippen LogP contribution < -0.4 is 10.1 Å². The molecule has 142 valence electrons. The van der Waals surface area contributed by atoms with Crippen LogP contribution in [0, 0.1) is 6.92 Å². The van der Waals surface area contributed by atoms with Crippen molar-refractivity contribution in [2.75, 3.05) is 27.9 Å². The number of aromatic nitrogens is 2. The molecule has 0 saturated heterocycles. The number of methoxy groups -OCH3 is 3. The predicted molar refractivity (Wildman–Crippen MR) is 94.8 cm³/mol. The van der Waals surface area contributed by atoms with Gasteiger partial charge in [0.15, 0.2) is 11.4 Å². The molecule has 9 nitrogen and oxygen atoms in total. The number of aliphatic carboxylic acids is 1. The van der Waals surface area contributed by atoms with Crippen LogP contribution >= 0.6 is 11.3 Å². The van der Waals surface area contributed by atoms with Crippen LogP contribution in [0.25, 0.3) is 10.2 Å². The van der Waals surface area contributed by atoms with Gasteiger partial charge in [-0.3, -0.25) is 4.79 Å². The third-order valence-corrected chi connectivity index (χ3v) is 4.96. The maximum atomic E-state index is 12.7. The van der Waals surface area contributed by atoms with E-state index in [0.29, 0.717) is 32.4 Å². The first-order chi connectivity index (χ1) is 12.3. The van der Waals surface area contributed by atoms with E-state index in [2.05, 4.69) is 15.3 Å². The number of ether oxygens (including phenoxy) is 3. The molecule has 0 aliphatic rings. The summed E-state index contributed by atoms with van der Waals surface area (Å²) < 4.78 is 15.3. The summed E-state index contributed by atoms with van der Waals surface area (Å²) in [5, 5.41) is 12.5. The Balaban J connectivity index is 2.48. The second kappa shape index (κ2) is 7.94. The van der Waals surface area contributed by atoms with E-state index >= 15 is 0 Å². The minimum absolute atomic E-state index is 0.168. The summed E-state index contributed by atoms with van der Waals surface area (Å²) in [5.41, 5.74) is -0.931. The van der Waals surface area contributed by atoms with Crippen LogP contribution in [0.1, 0.15) is 28.0 Å². The highest BCUT2D eigenvalue weighted by molar-refractivity contribution is 7.20. The largest absolute Gasteiger partial charge is 0.480 e. The first kappa shape index (κ1) is 20.0. The van der Waals surface area contributed by atoms with Gasteiger partial charge in [0.05, 0.1) is 24.0 Å². The number of nitrogens with one attached hydrogen (secondary N) is 1. The van der Waals surface area contributed by atoms with E-state index in [-0.39, 0.29) is 13.2 Å². The minimum atomic E-state index is -1.55. The van der Waals surface area contributed by atoms with Crippen LogP contribution in [0.5, 0.6) is 5.88 Å². The van der Waals surface area contributed by atoms with Crippen molar-refractivity contribution in [1.82, 2.24) is 15.3 Å². The van der Waals surface area contributed by atoms with Gasteiger partial charge in [0.25, 0.3) is 5.91 Å². The van der Waals surface area contributed by atoms with Gasteiger partial charge in [-0.1, -0.05) is 0 Å². The molecule has 0 radical (unpaired) electrons. The van der Waals surface area contributed by atoms with E-state index < -0.39 is 17.4 Å². The molecule has 1 unspecified atom stereocenters. The molecule has 0 aliphatic carbocycles. The van der Waals surface area contributed by atoms with E-state index in [4.69, 9.17) is 14.2 Å². The van der Waals surface area contributed by atoms with Gasteiger partial charge in [-0.05, 0) is 19.4 Å². The molecule has 0 aliphatic heterocycles. The molecule has 10 heteroatoms. The van der Waals surface area contributed by atoms with E-state index in [0.717, 1.165) is 11.3 Å². The molecule has 0 aromatic carbocycles. The van der Waals surface area contributed by atoms with Gasteiger partial charge >= 0.3 is 5.97 Å². The Bertz CT molecular complexity index is 837. The number of aryl methyl sites for hydroxylation is 1. The normalized spacial score (nSPS) is 13.4. The highest BCUT2D eigenvalue weighted by Gasteiger charge is 2.36. The van der Waals surface area contributed by atoms with Crippen LogP contribution in [-0.2, 0) is 20.9 Å². The standard InChI is InChI=1S/C16H21N3O6S/c1-8-10-13(25-5)17-9(6-23-3)18-14(10)26-11(8)12(20)19-16(2,7-24-4)15(21)22/h6-7H2,1-5H3,(H,19,20)(H,21,22). The fraction of sp³-hybridized carbons (Fsp3) is 0.500. The van der Waals surface area contributed by atoms with Crippen molar-refractivity contribution in [2.24, 2.45) is 0 Å². The summed E-state index contributed by atoms with van der Waals surface area (Å²) in [5.74, 6) is -0.943. The number of carboxylic acid groups (broad SMARTS) is 1. The van der Waals surface area contributed by atoms with Gasteiger partial charge in [0.1, 0.15) is 11.4 Å². The van der Waals surface area contributed by atoms with Crippen LogP contribution in [0.3, 0.4) is 0 Å². The quantitative estimate of drug-likeness (QED) is 0.701. The molecule has 2 heterocycles. The van der Waals surface area contributed by atoms with Crippen molar-refractivity contribution in [3.8, 4) is 5.88 Å². The zero-order chi connectivity index (χ0) is 19.5. The number of carboxylic acids is 1. The maximum absolute atomic E-state index is 12.7. The molecule has 2 N–H and O–H groups in total. The summed E-state index contributed by atoms with van der Waals surface area (Å²) in [6.07, 6.45) is 0. The van der Waals surface area contributed by atoms with Crippen molar-refractivity contribution in [3.63, 3.8) is 0 Å². The SMILES string of the molecule is COCc1nc(OC)c2c(C)c(C(=O)NC(C)(COC)C(=O)O)sc2n1. The van der Waals surface area contributed by atoms with E-state index in [1.807, 2.05) is 0 Å². The summed E-state index contributed by atoms with van der Waals surface area (Å²) in [7, 11) is 4.38. The van der Waals surface area contributed by atoms with Crippen molar-refractivity contribution in [1.29, 1.82) is 0 Å². The summed E-state index contributed by atoms with van der Waals surface area (Å²) in [6, 6.07) is 0. The van der Waals surface area contributed by atoms with Crippen molar-refractivity contribution in [3.05, 3.63) is 16.3 Å². The zero-order valence-corrected chi connectivity index (χ0v) is 16.0. The third kappa shape index (κ3) is 3.76. The lowest BCUT2D eigenvalue weighted by atomic mass is 10.0. The molecule has 2 aromatic rings. The zero-order valence-electron chi connectivity index (χ0n) is 15.2. The van der Waals surface area contributed by atoms with Gasteiger partial charge in [-0.2, -0.15) is 4.98 Å². The van der Waals surface area contributed by atoms with Crippen molar-refractivity contribution in [2.45, 2.75) is 26.0 Å². The molecule has 2 rings (SSSR count). The smallest absolute Gasteiger partial charge is 0.331 e. The minimum Gasteiger partial charge on any atom is -0.480 e. The Morgan fingerprint density at radius 3 is 2.46 bits per heavy atom. The number of hydrogen-bond acceptors (Lipinski definition) is 8. The monoisotopic (exact) mass is 383 g/mol. The number of fused-ring (bicyclic) bond motifs is 1. The van der Waals surface area contributed by atoms with Crippen LogP contribution in [0.4, 0.5) is 0 Å². The lowest BCUT2D eigenvalue weighted by molar-refractivity contribution is -0.145. The summed E-state index contributed by atoms with van der Waals surface area (Å²) in [6.45, 7) is 3.16. The molecule has 2 aromatic heterocycles. The summed E-state index contributed by atoms with van der Waals surface area (Å²) >= 11 is 1.14.